The molecule has 1 aliphatic rings. The molecule has 1 aliphatic heterocycles. The number of aromatic nitrogens is 2. The second-order valence-electron chi connectivity index (χ2n) is 7.04. The fourth-order valence-electron chi connectivity index (χ4n) is 2.75. The van der Waals surface area contributed by atoms with Crippen molar-refractivity contribution in [2.75, 3.05) is 6.61 Å². The van der Waals surface area contributed by atoms with Crippen LogP contribution in [-0.2, 0) is 5.54 Å². The summed E-state index contributed by atoms with van der Waals surface area (Å²) >= 11 is 0. The number of hydrogen-bond acceptors (Lipinski definition) is 3. The minimum atomic E-state index is -0.334. The Labute approximate surface area is 140 Å². The zero-order valence-corrected chi connectivity index (χ0v) is 14.2. The average Bonchev–Trinajstić information content (AvgIpc) is 2.94. The second-order valence-corrected chi connectivity index (χ2v) is 7.04. The van der Waals surface area contributed by atoms with Gasteiger partial charge in [0.1, 0.15) is 11.6 Å². The predicted molar refractivity (Wildman–Crippen MR) is 88.6 cm³/mol. The lowest BCUT2D eigenvalue weighted by Gasteiger charge is -2.19. The van der Waals surface area contributed by atoms with Crippen LogP contribution in [0.5, 0.6) is 5.75 Å². The maximum Gasteiger partial charge on any atom is 0.254 e. The van der Waals surface area contributed by atoms with Crippen molar-refractivity contribution in [2.45, 2.75) is 45.2 Å². The number of halogens is 1. The molecule has 1 N–H and O–H groups in total. The lowest BCUT2D eigenvalue weighted by molar-refractivity contribution is 0.0934. The van der Waals surface area contributed by atoms with Crippen LogP contribution in [0, 0.1) is 5.82 Å². The largest absolute Gasteiger partial charge is 0.493 e. The Hall–Kier alpha value is -2.37. The number of benzene rings is 1. The van der Waals surface area contributed by atoms with Gasteiger partial charge in [-0.05, 0) is 51.8 Å². The van der Waals surface area contributed by atoms with Gasteiger partial charge in [-0.25, -0.2) is 4.39 Å². The summed E-state index contributed by atoms with van der Waals surface area (Å²) in [6, 6.07) is 4.15. The topological polar surface area (TPSA) is 56.2 Å². The molecular formula is C18H22FN3O2. The molecular weight excluding hydrogens is 309 g/mol. The summed E-state index contributed by atoms with van der Waals surface area (Å²) in [7, 11) is 0. The van der Waals surface area contributed by atoms with E-state index in [0.29, 0.717) is 29.9 Å². The van der Waals surface area contributed by atoms with Gasteiger partial charge >= 0.3 is 0 Å². The van der Waals surface area contributed by atoms with Crippen molar-refractivity contribution in [3.05, 3.63) is 47.5 Å². The Morgan fingerprint density at radius 3 is 2.92 bits per heavy atom. The van der Waals surface area contributed by atoms with Crippen molar-refractivity contribution < 1.29 is 13.9 Å². The highest BCUT2D eigenvalue weighted by atomic mass is 19.1. The summed E-state index contributed by atoms with van der Waals surface area (Å²) in [6.45, 7) is 6.61. The minimum Gasteiger partial charge on any atom is -0.493 e. The third-order valence-electron chi connectivity index (χ3n) is 4.08. The van der Waals surface area contributed by atoms with Crippen molar-refractivity contribution in [2.24, 2.45) is 0 Å². The van der Waals surface area contributed by atoms with E-state index in [4.69, 9.17) is 4.74 Å². The van der Waals surface area contributed by atoms with Gasteiger partial charge in [-0.3, -0.25) is 9.48 Å². The standard InChI is InChI=1S/C18H22FN3O2/c1-18(2,3)22-11-12(10-20-22)17(23)21-15-5-4-8-24-16-7-6-13(19)9-14(15)16/h6-7,9-11,15H,4-5,8H2,1-3H3,(H,21,23)/t15-/m0/s1. The van der Waals surface area contributed by atoms with Crippen molar-refractivity contribution in [3.63, 3.8) is 0 Å². The molecule has 1 atom stereocenters. The SMILES string of the molecule is CC(C)(C)n1cc(C(=O)N[C@H]2CCCOc3ccc(F)cc32)cn1. The van der Waals surface area contributed by atoms with Crippen LogP contribution in [0.15, 0.2) is 30.6 Å². The number of nitrogens with one attached hydrogen (secondary N) is 1. The maximum atomic E-state index is 13.6. The quantitative estimate of drug-likeness (QED) is 0.917. The van der Waals surface area contributed by atoms with Crippen molar-refractivity contribution in [1.29, 1.82) is 0 Å². The minimum absolute atomic E-state index is 0.190. The fourth-order valence-corrected chi connectivity index (χ4v) is 2.75. The molecule has 0 saturated carbocycles. The van der Waals surface area contributed by atoms with Crippen LogP contribution in [0.3, 0.4) is 0 Å². The first-order valence-electron chi connectivity index (χ1n) is 8.13. The first kappa shape index (κ1) is 16.5. The molecule has 0 bridgehead atoms. The zero-order chi connectivity index (χ0) is 17.3. The van der Waals surface area contributed by atoms with Crippen LogP contribution >= 0.6 is 0 Å². The number of carbonyl (C=O) groups excluding carboxylic acids is 1. The molecule has 1 aromatic carbocycles. The van der Waals surface area contributed by atoms with Gasteiger partial charge < -0.3 is 10.1 Å². The van der Waals surface area contributed by atoms with Crippen LogP contribution in [0.4, 0.5) is 4.39 Å². The molecule has 0 spiro atoms. The van der Waals surface area contributed by atoms with E-state index in [1.807, 2.05) is 20.8 Å². The number of ether oxygens (including phenoxy) is 1. The van der Waals surface area contributed by atoms with E-state index < -0.39 is 0 Å². The molecule has 6 heteroatoms. The maximum absolute atomic E-state index is 13.6. The van der Waals surface area contributed by atoms with E-state index in [0.717, 1.165) is 6.42 Å². The van der Waals surface area contributed by atoms with Gasteiger partial charge in [0.25, 0.3) is 5.91 Å². The van der Waals surface area contributed by atoms with Crippen LogP contribution in [-0.4, -0.2) is 22.3 Å². The number of rotatable bonds is 2. The third kappa shape index (κ3) is 3.42. The number of amides is 1. The summed E-state index contributed by atoms with van der Waals surface area (Å²) in [5.74, 6) is 0.0799. The molecule has 0 unspecified atom stereocenters. The summed E-state index contributed by atoms with van der Waals surface area (Å²) < 4.78 is 21.0. The normalized spacial score (nSPS) is 17.6. The molecule has 24 heavy (non-hydrogen) atoms. The van der Waals surface area contributed by atoms with Crippen molar-refractivity contribution in [1.82, 2.24) is 15.1 Å². The average molecular weight is 331 g/mol. The van der Waals surface area contributed by atoms with Gasteiger partial charge in [-0.1, -0.05) is 0 Å². The Bertz CT molecular complexity index is 749. The monoisotopic (exact) mass is 331 g/mol. The Balaban J connectivity index is 1.82. The number of fused-ring (bicyclic) bond motifs is 1. The Morgan fingerprint density at radius 2 is 2.21 bits per heavy atom. The highest BCUT2D eigenvalue weighted by Gasteiger charge is 2.24. The van der Waals surface area contributed by atoms with E-state index in [-0.39, 0.29) is 23.3 Å². The molecule has 3 rings (SSSR count). The summed E-state index contributed by atoms with van der Waals surface area (Å²) in [4.78, 5) is 12.6. The van der Waals surface area contributed by atoms with Crippen molar-refractivity contribution >= 4 is 5.91 Å². The summed E-state index contributed by atoms with van der Waals surface area (Å²) in [6.07, 6.45) is 4.79. The van der Waals surface area contributed by atoms with Gasteiger partial charge in [-0.15, -0.1) is 0 Å². The van der Waals surface area contributed by atoms with Gasteiger partial charge in [0.05, 0.1) is 29.9 Å². The molecule has 2 aromatic rings. The summed E-state index contributed by atoms with van der Waals surface area (Å²) in [5.41, 5.74) is 0.988. The molecule has 5 nitrogen and oxygen atoms in total. The first-order valence-corrected chi connectivity index (χ1v) is 8.13. The van der Waals surface area contributed by atoms with Crippen LogP contribution < -0.4 is 10.1 Å². The molecule has 2 heterocycles. The van der Waals surface area contributed by atoms with E-state index >= 15 is 0 Å². The lowest BCUT2D eigenvalue weighted by atomic mass is 10.0. The molecule has 1 amide bonds. The molecule has 0 fully saturated rings. The predicted octanol–water partition coefficient (Wildman–Crippen LogP) is 3.42. The van der Waals surface area contributed by atoms with E-state index in [1.54, 1.807) is 23.1 Å². The molecule has 128 valence electrons. The van der Waals surface area contributed by atoms with E-state index in [9.17, 15) is 9.18 Å². The van der Waals surface area contributed by atoms with Crippen LogP contribution in [0.1, 0.15) is 55.6 Å². The second kappa shape index (κ2) is 6.26. The van der Waals surface area contributed by atoms with Gasteiger partial charge in [-0.2, -0.15) is 5.10 Å². The van der Waals surface area contributed by atoms with E-state index in [2.05, 4.69) is 10.4 Å². The van der Waals surface area contributed by atoms with Gasteiger partial charge in [0.2, 0.25) is 0 Å². The Morgan fingerprint density at radius 1 is 1.42 bits per heavy atom. The highest BCUT2D eigenvalue weighted by Crippen LogP contribution is 2.32. The van der Waals surface area contributed by atoms with Crippen molar-refractivity contribution in [3.8, 4) is 5.75 Å². The highest BCUT2D eigenvalue weighted by molar-refractivity contribution is 5.94. The molecule has 0 aliphatic carbocycles. The number of carbonyl (C=O) groups is 1. The molecule has 0 saturated heterocycles. The third-order valence-corrected chi connectivity index (χ3v) is 4.08. The Kier molecular flexibility index (Phi) is 4.30. The van der Waals surface area contributed by atoms with Gasteiger partial charge in [0, 0.05) is 11.8 Å². The van der Waals surface area contributed by atoms with Crippen LogP contribution in [0.2, 0.25) is 0 Å². The number of nitrogens with zero attached hydrogens (tertiary/aromatic N) is 2. The molecule has 1 aromatic heterocycles. The fraction of sp³-hybridized carbons (Fsp3) is 0.444. The van der Waals surface area contributed by atoms with Gasteiger partial charge in [0.15, 0.2) is 0 Å². The zero-order valence-electron chi connectivity index (χ0n) is 14.2. The number of hydrogen-bond donors (Lipinski definition) is 1. The summed E-state index contributed by atoms with van der Waals surface area (Å²) in [5, 5.41) is 7.23. The smallest absolute Gasteiger partial charge is 0.254 e. The first-order chi connectivity index (χ1) is 11.3. The molecule has 0 radical (unpaired) electrons. The van der Waals surface area contributed by atoms with E-state index in [1.165, 1.54) is 12.1 Å². The van der Waals surface area contributed by atoms with Crippen LogP contribution in [0.25, 0.3) is 0 Å². The lowest BCUT2D eigenvalue weighted by Crippen LogP contribution is -2.28.